The Morgan fingerprint density at radius 3 is 2.18 bits per heavy atom. The molecule has 34 heavy (non-hydrogen) atoms. The van der Waals surface area contributed by atoms with Crippen LogP contribution in [0.5, 0.6) is 0 Å². The van der Waals surface area contributed by atoms with Crippen molar-refractivity contribution in [1.29, 1.82) is 0 Å². The van der Waals surface area contributed by atoms with Gasteiger partial charge in [-0.2, -0.15) is 0 Å². The van der Waals surface area contributed by atoms with E-state index in [1.807, 2.05) is 70.2 Å². The van der Waals surface area contributed by atoms with Crippen molar-refractivity contribution in [2.45, 2.75) is 59.5 Å². The fourth-order valence-corrected chi connectivity index (χ4v) is 5.14. The smallest absolute Gasteiger partial charge is 0.242 e. The van der Waals surface area contributed by atoms with Gasteiger partial charge in [0.2, 0.25) is 21.8 Å². The molecule has 0 bridgehead atoms. The molecule has 0 radical (unpaired) electrons. The first-order valence-corrected chi connectivity index (χ1v) is 13.4. The molecule has 1 N–H and O–H groups in total. The average Bonchev–Trinajstić information content (AvgIpc) is 2.74. The molecule has 0 saturated carbocycles. The first kappa shape index (κ1) is 27.4. The van der Waals surface area contributed by atoms with Crippen LogP contribution in [0.1, 0.15) is 48.4 Å². The number of carbonyl (C=O) groups excluding carboxylic acids is 2. The number of benzene rings is 2. The van der Waals surface area contributed by atoms with Crippen LogP contribution in [-0.2, 0) is 26.2 Å². The highest BCUT2D eigenvalue weighted by Gasteiger charge is 2.28. The van der Waals surface area contributed by atoms with Gasteiger partial charge in [0.15, 0.2) is 0 Å². The molecule has 2 aromatic carbocycles. The number of aryl methyl sites for hydroxylation is 3. The quantitative estimate of drug-likeness (QED) is 0.523. The van der Waals surface area contributed by atoms with E-state index >= 15 is 0 Å². The zero-order chi connectivity index (χ0) is 25.5. The summed E-state index contributed by atoms with van der Waals surface area (Å²) in [5.74, 6) is -0.387. The molecule has 7 nitrogen and oxygen atoms in total. The Balaban J connectivity index is 2.21. The van der Waals surface area contributed by atoms with Crippen LogP contribution in [0.15, 0.2) is 42.5 Å². The van der Waals surface area contributed by atoms with E-state index < -0.39 is 16.1 Å². The summed E-state index contributed by atoms with van der Waals surface area (Å²) in [4.78, 5) is 27.4. The summed E-state index contributed by atoms with van der Waals surface area (Å²) in [6.45, 7) is 8.21. The van der Waals surface area contributed by atoms with Crippen LogP contribution < -0.4 is 9.62 Å². The summed E-state index contributed by atoms with van der Waals surface area (Å²) < 4.78 is 26.3. The molecular weight excluding hydrogens is 450 g/mol. The Morgan fingerprint density at radius 1 is 1.00 bits per heavy atom. The number of carbonyl (C=O) groups is 2. The van der Waals surface area contributed by atoms with Crippen LogP contribution in [0, 0.1) is 20.8 Å². The summed E-state index contributed by atoms with van der Waals surface area (Å²) >= 11 is 0. The van der Waals surface area contributed by atoms with E-state index in [0.717, 1.165) is 22.3 Å². The third-order valence-electron chi connectivity index (χ3n) is 5.71. The molecule has 0 aliphatic heterocycles. The maximum Gasteiger partial charge on any atom is 0.242 e. The Morgan fingerprint density at radius 2 is 1.65 bits per heavy atom. The van der Waals surface area contributed by atoms with Crippen molar-refractivity contribution in [2.24, 2.45) is 0 Å². The van der Waals surface area contributed by atoms with Gasteiger partial charge in [-0.25, -0.2) is 8.42 Å². The van der Waals surface area contributed by atoms with Gasteiger partial charge in [0.05, 0.1) is 11.9 Å². The Kier molecular flexibility index (Phi) is 9.67. The zero-order valence-electron chi connectivity index (χ0n) is 21.1. The molecular formula is C26H37N3O4S. The van der Waals surface area contributed by atoms with Crippen molar-refractivity contribution in [3.8, 4) is 0 Å². The van der Waals surface area contributed by atoms with Crippen LogP contribution >= 0.6 is 0 Å². The lowest BCUT2D eigenvalue weighted by atomic mass is 10.1. The van der Waals surface area contributed by atoms with E-state index in [0.29, 0.717) is 25.1 Å². The molecule has 186 valence electrons. The Hall–Kier alpha value is -2.87. The SMILES string of the molecule is CCC(C(=O)NC)N(Cc1cccc(C)c1)C(=O)CCCN(c1cc(C)cc(C)c1)S(C)(=O)=O. The van der Waals surface area contributed by atoms with E-state index in [1.165, 1.54) is 10.6 Å². The molecule has 0 spiro atoms. The van der Waals surface area contributed by atoms with E-state index in [2.05, 4.69) is 5.32 Å². The lowest BCUT2D eigenvalue weighted by Gasteiger charge is -2.31. The Labute approximate surface area is 204 Å². The van der Waals surface area contributed by atoms with Gasteiger partial charge in [-0.3, -0.25) is 13.9 Å². The number of nitrogens with one attached hydrogen (secondary N) is 1. The lowest BCUT2D eigenvalue weighted by molar-refractivity contribution is -0.141. The van der Waals surface area contributed by atoms with Gasteiger partial charge in [-0.05, 0) is 62.4 Å². The fourth-order valence-electron chi connectivity index (χ4n) is 4.19. The monoisotopic (exact) mass is 487 g/mol. The van der Waals surface area contributed by atoms with Crippen molar-refractivity contribution in [1.82, 2.24) is 10.2 Å². The summed E-state index contributed by atoms with van der Waals surface area (Å²) in [5.41, 5.74) is 4.57. The molecule has 2 rings (SSSR count). The van der Waals surface area contributed by atoms with Gasteiger partial charge in [0, 0.05) is 26.6 Å². The summed E-state index contributed by atoms with van der Waals surface area (Å²) in [6.07, 6.45) is 2.13. The second kappa shape index (κ2) is 12.0. The second-order valence-electron chi connectivity index (χ2n) is 8.83. The van der Waals surface area contributed by atoms with Crippen LogP contribution in [0.3, 0.4) is 0 Å². The topological polar surface area (TPSA) is 86.8 Å². The van der Waals surface area contributed by atoms with Crippen molar-refractivity contribution < 1.29 is 18.0 Å². The van der Waals surface area contributed by atoms with Gasteiger partial charge in [-0.15, -0.1) is 0 Å². The van der Waals surface area contributed by atoms with E-state index in [9.17, 15) is 18.0 Å². The number of hydrogen-bond acceptors (Lipinski definition) is 4. The van der Waals surface area contributed by atoms with E-state index in [4.69, 9.17) is 0 Å². The number of amides is 2. The summed E-state index contributed by atoms with van der Waals surface area (Å²) in [7, 11) is -1.95. The highest BCUT2D eigenvalue weighted by atomic mass is 32.2. The number of anilines is 1. The molecule has 0 fully saturated rings. The van der Waals surface area contributed by atoms with Crippen molar-refractivity contribution in [3.05, 3.63) is 64.7 Å². The highest BCUT2D eigenvalue weighted by molar-refractivity contribution is 7.92. The van der Waals surface area contributed by atoms with E-state index in [1.54, 1.807) is 11.9 Å². The Bertz CT molecular complexity index is 1090. The maximum atomic E-state index is 13.3. The molecule has 0 aromatic heterocycles. The van der Waals surface area contributed by atoms with E-state index in [-0.39, 0.29) is 24.8 Å². The van der Waals surface area contributed by atoms with Gasteiger partial charge in [0.1, 0.15) is 6.04 Å². The lowest BCUT2D eigenvalue weighted by Crippen LogP contribution is -2.48. The van der Waals surface area contributed by atoms with Gasteiger partial charge < -0.3 is 10.2 Å². The summed E-state index contributed by atoms with van der Waals surface area (Å²) in [5, 5.41) is 2.65. The zero-order valence-corrected chi connectivity index (χ0v) is 21.9. The number of rotatable bonds is 11. The minimum Gasteiger partial charge on any atom is -0.357 e. The molecule has 0 saturated heterocycles. The number of likely N-dealkylation sites (N-methyl/N-ethyl adjacent to an activating group) is 1. The maximum absolute atomic E-state index is 13.3. The molecule has 8 heteroatoms. The third-order valence-corrected chi connectivity index (χ3v) is 6.91. The van der Waals surface area contributed by atoms with Gasteiger partial charge >= 0.3 is 0 Å². The van der Waals surface area contributed by atoms with Gasteiger partial charge in [-0.1, -0.05) is 42.8 Å². The van der Waals surface area contributed by atoms with Crippen LogP contribution in [0.2, 0.25) is 0 Å². The molecule has 0 heterocycles. The molecule has 0 aliphatic carbocycles. The number of hydrogen-bond donors (Lipinski definition) is 1. The highest BCUT2D eigenvalue weighted by Crippen LogP contribution is 2.22. The van der Waals surface area contributed by atoms with Crippen molar-refractivity contribution in [2.75, 3.05) is 24.2 Å². The average molecular weight is 488 g/mol. The molecule has 0 aliphatic rings. The van der Waals surface area contributed by atoms with Crippen molar-refractivity contribution >= 4 is 27.5 Å². The molecule has 1 atom stereocenters. The predicted molar refractivity (Wildman–Crippen MR) is 137 cm³/mol. The molecule has 2 aromatic rings. The number of nitrogens with zero attached hydrogens (tertiary/aromatic N) is 2. The fraction of sp³-hybridized carbons (Fsp3) is 0.462. The standard InChI is InChI=1S/C26H37N3O4S/c1-7-24(26(31)27-5)28(18-22-11-8-10-19(2)15-22)25(30)12-9-13-29(34(6,32)33)23-16-20(3)14-21(4)17-23/h8,10-11,14-17,24H,7,9,12-13,18H2,1-6H3,(H,27,31). The molecule has 1 unspecified atom stereocenters. The first-order valence-electron chi connectivity index (χ1n) is 11.6. The minimum absolute atomic E-state index is 0.135. The van der Waals surface area contributed by atoms with Gasteiger partial charge in [0.25, 0.3) is 0 Å². The van der Waals surface area contributed by atoms with Crippen LogP contribution in [-0.4, -0.2) is 51.0 Å². The van der Waals surface area contributed by atoms with Crippen LogP contribution in [0.4, 0.5) is 5.69 Å². The molecule has 2 amide bonds. The third kappa shape index (κ3) is 7.58. The first-order chi connectivity index (χ1) is 16.0. The minimum atomic E-state index is -3.52. The largest absolute Gasteiger partial charge is 0.357 e. The second-order valence-corrected chi connectivity index (χ2v) is 10.7. The predicted octanol–water partition coefficient (Wildman–Crippen LogP) is 3.71. The van der Waals surface area contributed by atoms with Crippen LogP contribution in [0.25, 0.3) is 0 Å². The number of sulfonamides is 1. The summed E-state index contributed by atoms with van der Waals surface area (Å²) in [6, 6.07) is 12.9. The van der Waals surface area contributed by atoms with Crippen molar-refractivity contribution in [3.63, 3.8) is 0 Å². The normalized spacial score (nSPS) is 12.2.